The van der Waals surface area contributed by atoms with Crippen LogP contribution in [0.4, 0.5) is 0 Å². The molecule has 0 amide bonds. The summed E-state index contributed by atoms with van der Waals surface area (Å²) >= 11 is 3.65. The smallest absolute Gasteiger partial charge is 0.165 e. The van der Waals surface area contributed by atoms with E-state index in [1.54, 1.807) is 0 Å². The van der Waals surface area contributed by atoms with Gasteiger partial charge < -0.3 is 0 Å². The van der Waals surface area contributed by atoms with Gasteiger partial charge in [0.2, 0.25) is 0 Å². The van der Waals surface area contributed by atoms with E-state index in [-0.39, 0.29) is 0 Å². The average Bonchev–Trinajstić information content (AvgIpc) is 3.83. The summed E-state index contributed by atoms with van der Waals surface area (Å²) in [5.74, 6) is 2.00. The predicted molar refractivity (Wildman–Crippen MR) is 230 cm³/mol. The third-order valence-corrected chi connectivity index (χ3v) is 12.8. The molecule has 54 heavy (non-hydrogen) atoms. The molecule has 3 nitrogen and oxygen atoms in total. The summed E-state index contributed by atoms with van der Waals surface area (Å²) in [6, 6.07) is 62.5. The van der Waals surface area contributed by atoms with Crippen molar-refractivity contribution in [1.29, 1.82) is 0 Å². The van der Waals surface area contributed by atoms with Crippen LogP contribution in [0.3, 0.4) is 0 Å². The molecule has 0 saturated heterocycles. The van der Waals surface area contributed by atoms with Crippen LogP contribution in [0.2, 0.25) is 0 Å². The van der Waals surface area contributed by atoms with Gasteiger partial charge in [0.05, 0.1) is 0 Å². The summed E-state index contributed by atoms with van der Waals surface area (Å²) < 4.78 is 4.92. The number of rotatable bonds is 5. The molecule has 11 aromatic rings. The zero-order chi connectivity index (χ0) is 35.6. The van der Waals surface area contributed by atoms with Crippen LogP contribution >= 0.6 is 22.7 Å². The molecule has 5 heteroatoms. The van der Waals surface area contributed by atoms with Crippen molar-refractivity contribution in [1.82, 2.24) is 15.0 Å². The molecule has 252 valence electrons. The van der Waals surface area contributed by atoms with Gasteiger partial charge in [0.25, 0.3) is 0 Å². The molecular weight excluding hydrogens is 695 g/mol. The Morgan fingerprint density at radius 2 is 0.907 bits per heavy atom. The quantitative estimate of drug-likeness (QED) is 0.177. The standard InChI is InChI=1S/C49H29N3S2/c1-4-14-30(15-5-1)34-28-40(31-16-6-2-7-17-31)46-41(29-34)43-38(23-13-25-42(43)53-46)48-50-47(33-19-8-3-9-20-33)51-49(52-48)39-24-12-22-36-37-27-26-32-18-10-11-21-35(32)44(37)54-45(36)39/h1-29H. The van der Waals surface area contributed by atoms with E-state index in [2.05, 4.69) is 158 Å². The van der Waals surface area contributed by atoms with Crippen molar-refractivity contribution >= 4 is 73.8 Å². The number of fused-ring (bicyclic) bond motifs is 8. The minimum Gasteiger partial charge on any atom is -0.208 e. The summed E-state index contributed by atoms with van der Waals surface area (Å²) in [7, 11) is 0. The molecule has 8 aromatic carbocycles. The first-order chi connectivity index (χ1) is 26.8. The zero-order valence-electron chi connectivity index (χ0n) is 28.9. The number of hydrogen-bond acceptors (Lipinski definition) is 5. The maximum absolute atomic E-state index is 5.37. The average molecular weight is 724 g/mol. The van der Waals surface area contributed by atoms with E-state index in [0.717, 1.165) is 22.1 Å². The summed E-state index contributed by atoms with van der Waals surface area (Å²) in [5, 5.41) is 7.35. The Morgan fingerprint density at radius 1 is 0.315 bits per heavy atom. The minimum atomic E-state index is 0.658. The van der Waals surface area contributed by atoms with E-state index in [1.807, 2.05) is 40.9 Å². The lowest BCUT2D eigenvalue weighted by Gasteiger charge is -2.11. The Hall–Kier alpha value is -6.53. The van der Waals surface area contributed by atoms with E-state index < -0.39 is 0 Å². The maximum Gasteiger partial charge on any atom is 0.165 e. The lowest BCUT2D eigenvalue weighted by Crippen LogP contribution is -2.00. The van der Waals surface area contributed by atoms with Crippen LogP contribution in [0.25, 0.3) is 108 Å². The number of benzene rings is 8. The Kier molecular flexibility index (Phi) is 7.22. The normalized spacial score (nSPS) is 11.7. The maximum atomic E-state index is 5.37. The number of thiophene rings is 2. The molecule has 3 aromatic heterocycles. The van der Waals surface area contributed by atoms with Gasteiger partial charge >= 0.3 is 0 Å². The van der Waals surface area contributed by atoms with Crippen molar-refractivity contribution in [3.8, 4) is 56.4 Å². The van der Waals surface area contributed by atoms with Crippen LogP contribution in [-0.2, 0) is 0 Å². The first-order valence-electron chi connectivity index (χ1n) is 18.0. The molecule has 0 fully saturated rings. The van der Waals surface area contributed by atoms with Crippen LogP contribution in [-0.4, -0.2) is 15.0 Å². The molecule has 0 radical (unpaired) electrons. The zero-order valence-corrected chi connectivity index (χ0v) is 30.5. The highest BCUT2D eigenvalue weighted by molar-refractivity contribution is 7.27. The van der Waals surface area contributed by atoms with Crippen LogP contribution < -0.4 is 0 Å². The SMILES string of the molecule is c1ccc(-c2cc(-c3ccccc3)c3sc4cccc(-c5nc(-c6ccccc6)nc(-c6cccc7c6sc6c8ccccc8ccc76)n5)c4c3c2)cc1. The molecule has 0 N–H and O–H groups in total. The van der Waals surface area contributed by atoms with Crippen molar-refractivity contribution < 1.29 is 0 Å². The second-order valence-electron chi connectivity index (χ2n) is 13.5. The van der Waals surface area contributed by atoms with Crippen LogP contribution in [0.15, 0.2) is 176 Å². The van der Waals surface area contributed by atoms with Gasteiger partial charge in [0, 0.05) is 62.6 Å². The Labute approximate surface area is 319 Å². The molecular formula is C49H29N3S2. The van der Waals surface area contributed by atoms with Crippen LogP contribution in [0, 0.1) is 0 Å². The van der Waals surface area contributed by atoms with Crippen molar-refractivity contribution in [2.45, 2.75) is 0 Å². The predicted octanol–water partition coefficient (Wildman–Crippen LogP) is 14.1. The van der Waals surface area contributed by atoms with Gasteiger partial charge in [0.15, 0.2) is 17.5 Å². The fourth-order valence-electron chi connectivity index (χ4n) is 7.78. The van der Waals surface area contributed by atoms with Crippen molar-refractivity contribution in [2.24, 2.45) is 0 Å². The summed E-state index contributed by atoms with van der Waals surface area (Å²) in [6.45, 7) is 0. The Balaban J connectivity index is 1.19. The summed E-state index contributed by atoms with van der Waals surface area (Å²) in [6.07, 6.45) is 0. The molecule has 11 rings (SSSR count). The monoisotopic (exact) mass is 723 g/mol. The number of nitrogens with zero attached hydrogens (tertiary/aromatic N) is 3. The summed E-state index contributed by atoms with van der Waals surface area (Å²) in [4.78, 5) is 15.8. The molecule has 3 heterocycles. The van der Waals surface area contributed by atoms with E-state index in [0.29, 0.717) is 17.5 Å². The summed E-state index contributed by atoms with van der Waals surface area (Å²) in [5.41, 5.74) is 7.76. The van der Waals surface area contributed by atoms with Gasteiger partial charge in [-0.3, -0.25) is 0 Å². The molecule has 0 aliphatic carbocycles. The Bertz CT molecular complexity index is 3200. The Morgan fingerprint density at radius 3 is 1.70 bits per heavy atom. The molecule has 0 unspecified atom stereocenters. The lowest BCUT2D eigenvalue weighted by atomic mass is 9.95. The topological polar surface area (TPSA) is 38.7 Å². The van der Waals surface area contributed by atoms with Gasteiger partial charge in [0.1, 0.15) is 0 Å². The van der Waals surface area contributed by atoms with Crippen molar-refractivity contribution in [3.05, 3.63) is 176 Å². The number of aromatic nitrogens is 3. The number of hydrogen-bond donors (Lipinski definition) is 0. The highest BCUT2D eigenvalue weighted by Crippen LogP contribution is 2.47. The second-order valence-corrected chi connectivity index (χ2v) is 15.6. The highest BCUT2D eigenvalue weighted by Gasteiger charge is 2.21. The van der Waals surface area contributed by atoms with Crippen molar-refractivity contribution in [3.63, 3.8) is 0 Å². The van der Waals surface area contributed by atoms with Crippen LogP contribution in [0.5, 0.6) is 0 Å². The first kappa shape index (κ1) is 31.0. The van der Waals surface area contributed by atoms with E-state index in [1.165, 1.54) is 68.0 Å². The van der Waals surface area contributed by atoms with Gasteiger partial charge in [-0.1, -0.05) is 152 Å². The van der Waals surface area contributed by atoms with E-state index >= 15 is 0 Å². The molecule has 0 aliphatic heterocycles. The molecule has 0 aliphatic rings. The van der Waals surface area contributed by atoms with E-state index in [4.69, 9.17) is 15.0 Å². The van der Waals surface area contributed by atoms with Crippen molar-refractivity contribution in [2.75, 3.05) is 0 Å². The van der Waals surface area contributed by atoms with Gasteiger partial charge in [-0.05, 0) is 51.7 Å². The minimum absolute atomic E-state index is 0.658. The van der Waals surface area contributed by atoms with Crippen LogP contribution in [0.1, 0.15) is 0 Å². The highest BCUT2D eigenvalue weighted by atomic mass is 32.1. The fraction of sp³-hybridized carbons (Fsp3) is 0. The second kappa shape index (κ2) is 12.6. The first-order valence-corrected chi connectivity index (χ1v) is 19.7. The van der Waals surface area contributed by atoms with Gasteiger partial charge in [-0.2, -0.15) is 0 Å². The third-order valence-electron chi connectivity index (χ3n) is 10.3. The van der Waals surface area contributed by atoms with Gasteiger partial charge in [-0.25, -0.2) is 15.0 Å². The molecule has 0 saturated carbocycles. The molecule has 0 atom stereocenters. The van der Waals surface area contributed by atoms with E-state index in [9.17, 15) is 0 Å². The molecule has 0 bridgehead atoms. The lowest BCUT2D eigenvalue weighted by molar-refractivity contribution is 1.08. The van der Waals surface area contributed by atoms with Gasteiger partial charge in [-0.15, -0.1) is 22.7 Å². The fourth-order valence-corrected chi connectivity index (χ4v) is 10.4. The largest absolute Gasteiger partial charge is 0.208 e. The third kappa shape index (κ3) is 5.05. The molecule has 0 spiro atoms.